The highest BCUT2D eigenvalue weighted by atomic mass is 79.9. The molecule has 0 aliphatic heterocycles. The van der Waals surface area contributed by atoms with Crippen LogP contribution in [0.1, 0.15) is 18.5 Å². The Morgan fingerprint density at radius 3 is 2.52 bits per heavy atom. The van der Waals surface area contributed by atoms with Crippen LogP contribution in [-0.2, 0) is 0 Å². The van der Waals surface area contributed by atoms with Crippen LogP contribution in [0, 0.1) is 5.82 Å². The average molecular weight is 354 g/mol. The van der Waals surface area contributed by atoms with Gasteiger partial charge in [0.05, 0.1) is 25.9 Å². The van der Waals surface area contributed by atoms with Crippen molar-refractivity contribution in [3.8, 4) is 11.5 Å². The van der Waals surface area contributed by atoms with E-state index in [1.165, 1.54) is 6.07 Å². The average Bonchev–Trinajstić information content (AvgIpc) is 2.50. The zero-order valence-corrected chi connectivity index (χ0v) is 13.7. The van der Waals surface area contributed by atoms with Crippen molar-refractivity contribution in [3.63, 3.8) is 0 Å². The van der Waals surface area contributed by atoms with E-state index in [0.29, 0.717) is 11.4 Å². The van der Waals surface area contributed by atoms with Crippen molar-refractivity contribution >= 4 is 21.6 Å². The Kier molecular flexibility index (Phi) is 5.07. The lowest BCUT2D eigenvalue weighted by atomic mass is 10.1. The van der Waals surface area contributed by atoms with Crippen molar-refractivity contribution in [2.24, 2.45) is 0 Å². The van der Waals surface area contributed by atoms with E-state index in [2.05, 4.69) is 21.2 Å². The zero-order valence-electron chi connectivity index (χ0n) is 12.1. The van der Waals surface area contributed by atoms with E-state index in [1.807, 2.05) is 25.1 Å². The highest BCUT2D eigenvalue weighted by Crippen LogP contribution is 2.32. The van der Waals surface area contributed by atoms with Crippen molar-refractivity contribution in [2.75, 3.05) is 19.5 Å². The summed E-state index contributed by atoms with van der Waals surface area (Å²) in [7, 11) is 3.21. The van der Waals surface area contributed by atoms with Crippen molar-refractivity contribution in [1.29, 1.82) is 0 Å². The van der Waals surface area contributed by atoms with Crippen LogP contribution < -0.4 is 14.8 Å². The summed E-state index contributed by atoms with van der Waals surface area (Å²) in [5, 5.41) is 3.15. The lowest BCUT2D eigenvalue weighted by Crippen LogP contribution is -2.09. The quantitative estimate of drug-likeness (QED) is 0.838. The maximum Gasteiger partial charge on any atom is 0.146 e. The highest BCUT2D eigenvalue weighted by Gasteiger charge is 2.14. The summed E-state index contributed by atoms with van der Waals surface area (Å²) in [4.78, 5) is 0. The first-order chi connectivity index (χ1) is 10.0. The molecule has 3 nitrogen and oxygen atoms in total. The Balaban J connectivity index is 2.27. The largest absolute Gasteiger partial charge is 0.497 e. The van der Waals surface area contributed by atoms with E-state index < -0.39 is 0 Å². The normalized spacial score (nSPS) is 11.9. The van der Waals surface area contributed by atoms with Crippen LogP contribution in [0.15, 0.2) is 40.9 Å². The molecule has 2 aromatic rings. The maximum absolute atomic E-state index is 13.8. The topological polar surface area (TPSA) is 30.5 Å². The molecule has 0 aliphatic rings. The molecule has 1 N–H and O–H groups in total. The number of benzene rings is 2. The Morgan fingerprint density at radius 2 is 1.86 bits per heavy atom. The van der Waals surface area contributed by atoms with Gasteiger partial charge in [-0.2, -0.15) is 0 Å². The zero-order chi connectivity index (χ0) is 15.4. The van der Waals surface area contributed by atoms with Crippen LogP contribution in [0.5, 0.6) is 11.5 Å². The van der Waals surface area contributed by atoms with Crippen LogP contribution in [-0.4, -0.2) is 14.2 Å². The summed E-state index contributed by atoms with van der Waals surface area (Å²) in [6.07, 6.45) is 0. The molecule has 0 bridgehead atoms. The maximum atomic E-state index is 13.8. The third kappa shape index (κ3) is 3.67. The Hall–Kier alpha value is -1.75. The summed E-state index contributed by atoms with van der Waals surface area (Å²) < 4.78 is 25.2. The molecule has 21 heavy (non-hydrogen) atoms. The molecule has 0 radical (unpaired) electrons. The lowest BCUT2D eigenvalue weighted by molar-refractivity contribution is 0.390. The van der Waals surface area contributed by atoms with Gasteiger partial charge in [-0.15, -0.1) is 0 Å². The Labute approximate surface area is 132 Å². The van der Waals surface area contributed by atoms with Crippen LogP contribution in [0.25, 0.3) is 0 Å². The second-order valence-electron chi connectivity index (χ2n) is 4.60. The van der Waals surface area contributed by atoms with E-state index in [1.54, 1.807) is 26.4 Å². The van der Waals surface area contributed by atoms with Crippen LogP contribution in [0.4, 0.5) is 10.1 Å². The van der Waals surface area contributed by atoms with Crippen LogP contribution in [0.3, 0.4) is 0 Å². The van der Waals surface area contributed by atoms with Gasteiger partial charge >= 0.3 is 0 Å². The first-order valence-corrected chi connectivity index (χ1v) is 7.28. The van der Waals surface area contributed by atoms with Gasteiger partial charge in [-0.05, 0) is 37.3 Å². The van der Waals surface area contributed by atoms with Gasteiger partial charge in [0.1, 0.15) is 17.3 Å². The Morgan fingerprint density at radius 1 is 1.10 bits per heavy atom. The number of ether oxygens (including phenoxy) is 2. The molecule has 0 aliphatic carbocycles. The SMILES string of the molecule is COc1ccc(C(C)Nc2cc(Br)ccc2F)c(OC)c1. The van der Waals surface area contributed by atoms with Gasteiger partial charge in [0.15, 0.2) is 0 Å². The molecule has 112 valence electrons. The predicted octanol–water partition coefficient (Wildman–Crippen LogP) is 4.78. The standard InChI is InChI=1S/C16H17BrFNO2/c1-10(19-15-8-11(17)4-7-14(15)18)13-6-5-12(20-2)9-16(13)21-3/h4-10,19H,1-3H3. The van der Waals surface area contributed by atoms with Crippen molar-refractivity contribution in [3.05, 3.63) is 52.3 Å². The number of nitrogens with one attached hydrogen (secondary N) is 1. The van der Waals surface area contributed by atoms with Gasteiger partial charge in [0.25, 0.3) is 0 Å². The summed E-state index contributed by atoms with van der Waals surface area (Å²) in [6.45, 7) is 1.95. The smallest absolute Gasteiger partial charge is 0.146 e. The van der Waals surface area contributed by atoms with Gasteiger partial charge in [0, 0.05) is 16.1 Å². The number of anilines is 1. The van der Waals surface area contributed by atoms with E-state index in [4.69, 9.17) is 9.47 Å². The Bertz CT molecular complexity index is 634. The lowest BCUT2D eigenvalue weighted by Gasteiger charge is -2.19. The first kappa shape index (κ1) is 15.6. The molecule has 2 rings (SSSR count). The summed E-state index contributed by atoms with van der Waals surface area (Å²) in [5.41, 5.74) is 1.37. The minimum absolute atomic E-state index is 0.116. The molecular weight excluding hydrogens is 337 g/mol. The molecule has 0 heterocycles. The molecule has 0 spiro atoms. The van der Waals surface area contributed by atoms with Crippen molar-refractivity contribution in [2.45, 2.75) is 13.0 Å². The van der Waals surface area contributed by atoms with Gasteiger partial charge in [-0.3, -0.25) is 0 Å². The van der Waals surface area contributed by atoms with Gasteiger partial charge < -0.3 is 14.8 Å². The summed E-state index contributed by atoms with van der Waals surface area (Å²) >= 11 is 3.34. The number of hydrogen-bond donors (Lipinski definition) is 1. The fourth-order valence-electron chi connectivity index (χ4n) is 2.10. The van der Waals surface area contributed by atoms with Gasteiger partial charge in [0.2, 0.25) is 0 Å². The van der Waals surface area contributed by atoms with E-state index in [9.17, 15) is 4.39 Å². The number of methoxy groups -OCH3 is 2. The molecule has 5 heteroatoms. The molecule has 0 saturated heterocycles. The van der Waals surface area contributed by atoms with E-state index in [-0.39, 0.29) is 11.9 Å². The second kappa shape index (κ2) is 6.80. The van der Waals surface area contributed by atoms with Crippen LogP contribution in [0.2, 0.25) is 0 Å². The van der Waals surface area contributed by atoms with E-state index >= 15 is 0 Å². The summed E-state index contributed by atoms with van der Waals surface area (Å²) in [5.74, 6) is 1.12. The third-order valence-electron chi connectivity index (χ3n) is 3.21. The molecular formula is C16H17BrFNO2. The molecule has 2 aromatic carbocycles. The number of rotatable bonds is 5. The molecule has 0 amide bonds. The highest BCUT2D eigenvalue weighted by molar-refractivity contribution is 9.10. The number of hydrogen-bond acceptors (Lipinski definition) is 3. The molecule has 0 saturated carbocycles. The van der Waals surface area contributed by atoms with E-state index in [0.717, 1.165) is 15.8 Å². The molecule has 0 fully saturated rings. The minimum atomic E-state index is -0.294. The molecule has 0 aromatic heterocycles. The minimum Gasteiger partial charge on any atom is -0.497 e. The first-order valence-electron chi connectivity index (χ1n) is 6.48. The third-order valence-corrected chi connectivity index (χ3v) is 3.70. The summed E-state index contributed by atoms with van der Waals surface area (Å²) in [6, 6.07) is 10.3. The monoisotopic (exact) mass is 353 g/mol. The van der Waals surface area contributed by atoms with Gasteiger partial charge in [-0.25, -0.2) is 4.39 Å². The molecule has 1 atom stereocenters. The fourth-order valence-corrected chi connectivity index (χ4v) is 2.46. The fraction of sp³-hybridized carbons (Fsp3) is 0.250. The van der Waals surface area contributed by atoms with Crippen molar-refractivity contribution < 1.29 is 13.9 Å². The van der Waals surface area contributed by atoms with Crippen molar-refractivity contribution in [1.82, 2.24) is 0 Å². The molecule has 1 unspecified atom stereocenters. The second-order valence-corrected chi connectivity index (χ2v) is 5.51. The van der Waals surface area contributed by atoms with Gasteiger partial charge in [-0.1, -0.05) is 15.9 Å². The van der Waals surface area contributed by atoms with Crippen LogP contribution >= 0.6 is 15.9 Å². The predicted molar refractivity (Wildman–Crippen MR) is 85.7 cm³/mol. The number of halogens is 2.